The first kappa shape index (κ1) is 26.1. The fraction of sp³-hybridized carbons (Fsp3) is 0.500. The molecule has 1 atom stereocenters. The second kappa shape index (κ2) is 10.6. The fourth-order valence-electron chi connectivity index (χ4n) is 5.58. The molecule has 36 heavy (non-hydrogen) atoms. The zero-order valence-corrected chi connectivity index (χ0v) is 22.2. The molecule has 0 bridgehead atoms. The van der Waals surface area contributed by atoms with Gasteiger partial charge in [0.2, 0.25) is 5.91 Å². The maximum Gasteiger partial charge on any atom is 0.232 e. The number of aryl methyl sites for hydroxylation is 1. The van der Waals surface area contributed by atoms with Crippen molar-refractivity contribution in [2.24, 2.45) is 11.1 Å². The molecule has 1 aromatic carbocycles. The molecule has 1 amide bonds. The molecule has 1 unspecified atom stereocenters. The van der Waals surface area contributed by atoms with Gasteiger partial charge in [-0.05, 0) is 77.6 Å². The summed E-state index contributed by atoms with van der Waals surface area (Å²) >= 11 is 0. The van der Waals surface area contributed by atoms with Crippen molar-refractivity contribution in [1.29, 1.82) is 0 Å². The topological polar surface area (TPSA) is 103 Å². The normalized spacial score (nSPS) is 16.8. The molecule has 0 saturated carbocycles. The monoisotopic (exact) mass is 490 g/mol. The number of aromatic amines is 1. The van der Waals surface area contributed by atoms with E-state index < -0.39 is 5.41 Å². The summed E-state index contributed by atoms with van der Waals surface area (Å²) in [5.41, 5.74) is 9.44. The van der Waals surface area contributed by atoms with Gasteiger partial charge in [0, 0.05) is 49.6 Å². The van der Waals surface area contributed by atoms with E-state index in [1.165, 1.54) is 0 Å². The Hall–Kier alpha value is -2.97. The number of piperidine rings is 1. The lowest BCUT2D eigenvalue weighted by Gasteiger charge is -2.40. The number of nitrogens with zero attached hydrogens (tertiary/aromatic N) is 4. The zero-order valence-electron chi connectivity index (χ0n) is 22.2. The van der Waals surface area contributed by atoms with E-state index in [-0.39, 0.29) is 11.9 Å². The number of carbonyl (C=O) groups is 1. The molecule has 1 aliphatic rings. The van der Waals surface area contributed by atoms with Gasteiger partial charge in [0.15, 0.2) is 0 Å². The maximum absolute atomic E-state index is 13.6. The smallest absolute Gasteiger partial charge is 0.232 e. The van der Waals surface area contributed by atoms with Crippen LogP contribution >= 0.6 is 0 Å². The van der Waals surface area contributed by atoms with Crippen LogP contribution in [0.2, 0.25) is 0 Å². The number of nitrogens with one attached hydrogen (secondary N) is 2. The molecular formula is C28H40N7O. The minimum absolute atomic E-state index is 0.00449. The van der Waals surface area contributed by atoms with Gasteiger partial charge in [-0.25, -0.2) is 9.97 Å². The molecule has 193 valence electrons. The van der Waals surface area contributed by atoms with Crippen LogP contribution in [0, 0.1) is 19.3 Å². The van der Waals surface area contributed by atoms with Gasteiger partial charge in [-0.3, -0.25) is 9.69 Å². The summed E-state index contributed by atoms with van der Waals surface area (Å²) in [4.78, 5) is 30.3. The van der Waals surface area contributed by atoms with Crippen molar-refractivity contribution in [1.82, 2.24) is 19.9 Å². The van der Waals surface area contributed by atoms with Crippen LogP contribution in [0.15, 0.2) is 36.8 Å². The van der Waals surface area contributed by atoms with Gasteiger partial charge >= 0.3 is 0 Å². The lowest BCUT2D eigenvalue weighted by molar-refractivity contribution is -0.126. The van der Waals surface area contributed by atoms with Crippen LogP contribution in [0.5, 0.6) is 0 Å². The molecule has 1 radical (unpaired) electrons. The third-order valence-corrected chi connectivity index (χ3v) is 7.62. The number of nitrogens with two attached hydrogens (primary N) is 1. The largest absolute Gasteiger partial charge is 0.356 e. The lowest BCUT2D eigenvalue weighted by Crippen LogP contribution is -2.50. The van der Waals surface area contributed by atoms with Gasteiger partial charge in [0.05, 0.1) is 10.8 Å². The quantitative estimate of drug-likeness (QED) is 0.431. The molecule has 0 spiro atoms. The van der Waals surface area contributed by atoms with E-state index in [1.54, 1.807) is 6.33 Å². The number of benzene rings is 1. The summed E-state index contributed by atoms with van der Waals surface area (Å²) in [5, 5.41) is 4.21. The third kappa shape index (κ3) is 4.97. The van der Waals surface area contributed by atoms with Crippen LogP contribution in [0.1, 0.15) is 57.7 Å². The van der Waals surface area contributed by atoms with Gasteiger partial charge in [0.1, 0.15) is 17.8 Å². The Balaban J connectivity index is 1.48. The summed E-state index contributed by atoms with van der Waals surface area (Å²) in [7, 11) is 0. The molecule has 8 heteroatoms. The summed E-state index contributed by atoms with van der Waals surface area (Å²) in [6, 6.07) is 8.77. The van der Waals surface area contributed by atoms with Crippen molar-refractivity contribution in [2.45, 2.75) is 65.6 Å². The first-order chi connectivity index (χ1) is 17.2. The number of H-pyrrole nitrogens is 1. The summed E-state index contributed by atoms with van der Waals surface area (Å²) in [6.07, 6.45) is 4.87. The molecule has 1 fully saturated rings. The second-order valence-electron chi connectivity index (χ2n) is 10.6. The van der Waals surface area contributed by atoms with Gasteiger partial charge in [-0.15, -0.1) is 0 Å². The van der Waals surface area contributed by atoms with Crippen molar-refractivity contribution in [3.05, 3.63) is 54.8 Å². The Morgan fingerprint density at radius 1 is 1.22 bits per heavy atom. The van der Waals surface area contributed by atoms with Crippen molar-refractivity contribution in [2.75, 3.05) is 29.9 Å². The van der Waals surface area contributed by atoms with Crippen molar-refractivity contribution in [3.63, 3.8) is 0 Å². The molecule has 8 nitrogen and oxygen atoms in total. The molecule has 0 aliphatic carbocycles. The highest BCUT2D eigenvalue weighted by atomic mass is 16.2. The van der Waals surface area contributed by atoms with E-state index >= 15 is 0 Å². The summed E-state index contributed by atoms with van der Waals surface area (Å²) in [6.45, 7) is 16.9. The predicted molar refractivity (Wildman–Crippen MR) is 147 cm³/mol. The van der Waals surface area contributed by atoms with E-state index in [9.17, 15) is 4.79 Å². The SMILES string of the molecule is [CH2]C(c1cccc(NC(=O)C2(CN)CCN(c3ncnc4[nH]cc(C)c34)CC2)c1)N(C(C)C)C(C)C. The Bertz CT molecular complexity index is 1190. The minimum Gasteiger partial charge on any atom is -0.356 e. The van der Waals surface area contributed by atoms with Gasteiger partial charge in [-0.2, -0.15) is 0 Å². The number of hydrogen-bond donors (Lipinski definition) is 3. The van der Waals surface area contributed by atoms with E-state index in [0.717, 1.165) is 33.7 Å². The minimum atomic E-state index is -0.613. The average molecular weight is 491 g/mol. The van der Waals surface area contributed by atoms with Gasteiger partial charge < -0.3 is 20.9 Å². The van der Waals surface area contributed by atoms with Crippen molar-refractivity contribution in [3.8, 4) is 0 Å². The maximum atomic E-state index is 13.6. The van der Waals surface area contributed by atoms with E-state index in [4.69, 9.17) is 5.73 Å². The Kier molecular flexibility index (Phi) is 7.66. The number of fused-ring (bicyclic) bond motifs is 1. The van der Waals surface area contributed by atoms with Crippen LogP contribution in [-0.4, -0.2) is 57.5 Å². The van der Waals surface area contributed by atoms with Crippen LogP contribution in [0.25, 0.3) is 11.0 Å². The fourth-order valence-corrected chi connectivity index (χ4v) is 5.58. The molecule has 4 N–H and O–H groups in total. The Morgan fingerprint density at radius 2 is 1.92 bits per heavy atom. The molecular weight excluding hydrogens is 450 g/mol. The first-order valence-electron chi connectivity index (χ1n) is 12.9. The molecule has 3 heterocycles. The van der Waals surface area contributed by atoms with Crippen LogP contribution in [-0.2, 0) is 4.79 Å². The van der Waals surface area contributed by atoms with E-state index in [0.29, 0.717) is 44.6 Å². The number of anilines is 2. The number of hydrogen-bond acceptors (Lipinski definition) is 6. The summed E-state index contributed by atoms with van der Waals surface area (Å²) < 4.78 is 0. The standard InChI is InChI=1S/C28H40N7O/c1-18(2)35(19(3)4)21(6)22-8-7-9-23(14-22)33-27(36)28(16-29)10-12-34(13-11-28)26-24-20(5)15-30-25(24)31-17-32-26/h7-9,14-15,17-19,21H,6,10-13,16,29H2,1-5H3,(H,33,36)(H,30,31,32). The van der Waals surface area contributed by atoms with Gasteiger partial charge in [-0.1, -0.05) is 12.1 Å². The van der Waals surface area contributed by atoms with Crippen LogP contribution in [0.3, 0.4) is 0 Å². The van der Waals surface area contributed by atoms with Crippen molar-refractivity contribution < 1.29 is 4.79 Å². The van der Waals surface area contributed by atoms with Gasteiger partial charge in [0.25, 0.3) is 0 Å². The van der Waals surface area contributed by atoms with E-state index in [2.05, 4.69) is 77.7 Å². The lowest BCUT2D eigenvalue weighted by atomic mass is 9.77. The number of carbonyl (C=O) groups excluding carboxylic acids is 1. The molecule has 3 aromatic rings. The van der Waals surface area contributed by atoms with E-state index in [1.807, 2.05) is 24.4 Å². The average Bonchev–Trinajstić information content (AvgIpc) is 3.24. The van der Waals surface area contributed by atoms with Crippen LogP contribution < -0.4 is 16.0 Å². The zero-order chi connectivity index (χ0) is 26.0. The Labute approximate surface area is 214 Å². The highest BCUT2D eigenvalue weighted by Crippen LogP contribution is 2.36. The van der Waals surface area contributed by atoms with Crippen molar-refractivity contribution >= 4 is 28.4 Å². The molecule has 1 saturated heterocycles. The second-order valence-corrected chi connectivity index (χ2v) is 10.6. The predicted octanol–water partition coefficient (Wildman–Crippen LogP) is 4.44. The number of amides is 1. The number of rotatable bonds is 8. The summed E-state index contributed by atoms with van der Waals surface area (Å²) in [5.74, 6) is 0.900. The third-order valence-electron chi connectivity index (χ3n) is 7.62. The first-order valence-corrected chi connectivity index (χ1v) is 12.9. The molecule has 1 aliphatic heterocycles. The van der Waals surface area contributed by atoms with Crippen LogP contribution in [0.4, 0.5) is 11.5 Å². The highest BCUT2D eigenvalue weighted by molar-refractivity contribution is 5.96. The number of aromatic nitrogens is 3. The molecule has 4 rings (SSSR count). The Morgan fingerprint density at radius 3 is 2.56 bits per heavy atom. The molecule has 2 aromatic heterocycles. The highest BCUT2D eigenvalue weighted by Gasteiger charge is 2.41.